The number of anilines is 1. The molecule has 0 aliphatic heterocycles. The van der Waals surface area contributed by atoms with Gasteiger partial charge in [0.1, 0.15) is 17.8 Å². The fourth-order valence-corrected chi connectivity index (χ4v) is 2.44. The Balaban J connectivity index is 2.08. The highest BCUT2D eigenvalue weighted by molar-refractivity contribution is 9.10. The van der Waals surface area contributed by atoms with E-state index in [4.69, 9.17) is 4.74 Å². The topological polar surface area (TPSA) is 77.3 Å². The lowest BCUT2D eigenvalue weighted by atomic mass is 10.2. The molecule has 1 aromatic carbocycles. The van der Waals surface area contributed by atoms with E-state index in [9.17, 15) is 10.1 Å². The Morgan fingerprint density at radius 2 is 2.19 bits per heavy atom. The van der Waals surface area contributed by atoms with E-state index in [0.717, 1.165) is 15.8 Å². The summed E-state index contributed by atoms with van der Waals surface area (Å²) >= 11 is 3.43. The summed E-state index contributed by atoms with van der Waals surface area (Å²) < 4.78 is 6.04. The predicted molar refractivity (Wildman–Crippen MR) is 83.6 cm³/mol. The lowest BCUT2D eigenvalue weighted by Crippen LogP contribution is -2.03. The first-order valence-electron chi connectivity index (χ1n) is 6.18. The molecule has 0 unspecified atom stereocenters. The molecule has 6 nitrogen and oxygen atoms in total. The van der Waals surface area contributed by atoms with E-state index in [0.29, 0.717) is 17.9 Å². The highest BCUT2D eigenvalue weighted by Crippen LogP contribution is 2.26. The molecule has 0 radical (unpaired) electrons. The monoisotopic (exact) mass is 351 g/mol. The molecule has 0 bridgehead atoms. The van der Waals surface area contributed by atoms with Gasteiger partial charge < -0.3 is 10.1 Å². The first-order chi connectivity index (χ1) is 10.0. The van der Waals surface area contributed by atoms with Crippen LogP contribution >= 0.6 is 15.9 Å². The van der Waals surface area contributed by atoms with Crippen molar-refractivity contribution in [2.75, 3.05) is 12.4 Å². The maximum Gasteiger partial charge on any atom is 0.290 e. The first kappa shape index (κ1) is 15.2. The molecule has 1 aromatic heterocycles. The van der Waals surface area contributed by atoms with E-state index in [1.807, 2.05) is 18.2 Å². The summed E-state index contributed by atoms with van der Waals surface area (Å²) in [6.45, 7) is 2.25. The van der Waals surface area contributed by atoms with Gasteiger partial charge in [0, 0.05) is 12.1 Å². The SMILES string of the molecule is COc1ccc(CNc2cc(C)c([N+](=O)[O-])cn2)cc1Br. The smallest absolute Gasteiger partial charge is 0.290 e. The number of halogens is 1. The van der Waals surface area contributed by atoms with Crippen LogP contribution in [0.3, 0.4) is 0 Å². The second-order valence-corrected chi connectivity index (χ2v) is 5.29. The van der Waals surface area contributed by atoms with Crippen LogP contribution in [0.5, 0.6) is 5.75 Å². The molecule has 0 atom stereocenters. The van der Waals surface area contributed by atoms with Gasteiger partial charge in [-0.3, -0.25) is 10.1 Å². The van der Waals surface area contributed by atoms with Crippen molar-refractivity contribution in [1.82, 2.24) is 4.98 Å². The van der Waals surface area contributed by atoms with Gasteiger partial charge in [0.2, 0.25) is 0 Å². The highest BCUT2D eigenvalue weighted by atomic mass is 79.9. The second-order valence-electron chi connectivity index (χ2n) is 4.44. The third-order valence-electron chi connectivity index (χ3n) is 2.97. The van der Waals surface area contributed by atoms with E-state index < -0.39 is 4.92 Å². The fourth-order valence-electron chi connectivity index (χ4n) is 1.85. The number of pyridine rings is 1. The first-order valence-corrected chi connectivity index (χ1v) is 6.98. The van der Waals surface area contributed by atoms with Gasteiger partial charge in [-0.1, -0.05) is 6.07 Å². The van der Waals surface area contributed by atoms with Crippen molar-refractivity contribution in [3.05, 3.63) is 56.2 Å². The van der Waals surface area contributed by atoms with Gasteiger partial charge in [-0.15, -0.1) is 0 Å². The molecule has 0 saturated heterocycles. The molecule has 7 heteroatoms. The lowest BCUT2D eigenvalue weighted by molar-refractivity contribution is -0.385. The minimum absolute atomic E-state index is 0.0211. The largest absolute Gasteiger partial charge is 0.496 e. The standard InChI is InChI=1S/C14H14BrN3O3/c1-9-5-14(17-8-12(9)18(19)20)16-7-10-3-4-13(21-2)11(15)6-10/h3-6,8H,7H2,1-2H3,(H,16,17). The van der Waals surface area contributed by atoms with E-state index in [-0.39, 0.29) is 5.69 Å². The lowest BCUT2D eigenvalue weighted by Gasteiger charge is -2.09. The molecule has 0 aliphatic rings. The molecule has 110 valence electrons. The summed E-state index contributed by atoms with van der Waals surface area (Å²) in [5.74, 6) is 1.37. The molecule has 21 heavy (non-hydrogen) atoms. The maximum atomic E-state index is 10.7. The van der Waals surface area contributed by atoms with Gasteiger partial charge in [0.05, 0.1) is 16.5 Å². The summed E-state index contributed by atoms with van der Waals surface area (Å²) in [6, 6.07) is 7.42. The zero-order chi connectivity index (χ0) is 15.4. The number of rotatable bonds is 5. The summed E-state index contributed by atoms with van der Waals surface area (Å²) in [7, 11) is 1.61. The van der Waals surface area contributed by atoms with Gasteiger partial charge in [0.15, 0.2) is 0 Å². The molecule has 2 aromatic rings. The molecular formula is C14H14BrN3O3. The van der Waals surface area contributed by atoms with E-state index in [1.165, 1.54) is 6.20 Å². The van der Waals surface area contributed by atoms with Gasteiger partial charge in [-0.25, -0.2) is 4.98 Å². The van der Waals surface area contributed by atoms with Crippen LogP contribution in [0, 0.1) is 17.0 Å². The molecule has 2 rings (SSSR count). The third kappa shape index (κ3) is 3.69. The molecule has 0 fully saturated rings. The van der Waals surface area contributed by atoms with Crippen LogP contribution in [0.15, 0.2) is 34.9 Å². The number of aryl methyl sites for hydroxylation is 1. The van der Waals surface area contributed by atoms with E-state index in [1.54, 1.807) is 20.1 Å². The normalized spacial score (nSPS) is 10.2. The second kappa shape index (κ2) is 6.53. The Kier molecular flexibility index (Phi) is 4.74. The molecular weight excluding hydrogens is 338 g/mol. The number of methoxy groups -OCH3 is 1. The Morgan fingerprint density at radius 3 is 2.76 bits per heavy atom. The van der Waals surface area contributed by atoms with Gasteiger partial charge >= 0.3 is 0 Å². The number of nitrogens with one attached hydrogen (secondary N) is 1. The van der Waals surface area contributed by atoms with E-state index in [2.05, 4.69) is 26.2 Å². The minimum Gasteiger partial charge on any atom is -0.496 e. The molecule has 0 aliphatic carbocycles. The van der Waals surface area contributed by atoms with Gasteiger partial charge in [0.25, 0.3) is 5.69 Å². The molecule has 0 saturated carbocycles. The number of nitrogens with zero attached hydrogens (tertiary/aromatic N) is 2. The van der Waals surface area contributed by atoms with Crippen LogP contribution in [-0.2, 0) is 6.54 Å². The number of aromatic nitrogens is 1. The summed E-state index contributed by atoms with van der Waals surface area (Å²) in [5.41, 5.74) is 1.64. The number of benzene rings is 1. The van der Waals surface area contributed by atoms with Crippen molar-refractivity contribution in [2.24, 2.45) is 0 Å². The summed E-state index contributed by atoms with van der Waals surface area (Å²) in [6.07, 6.45) is 1.27. The van der Waals surface area contributed by atoms with Crippen molar-refractivity contribution in [2.45, 2.75) is 13.5 Å². The predicted octanol–water partition coefficient (Wildman–Crippen LogP) is 3.68. The number of hydrogen-bond donors (Lipinski definition) is 1. The van der Waals surface area contributed by atoms with Gasteiger partial charge in [-0.05, 0) is 46.6 Å². The van der Waals surface area contributed by atoms with Crippen molar-refractivity contribution >= 4 is 27.4 Å². The van der Waals surface area contributed by atoms with Crippen molar-refractivity contribution in [3.63, 3.8) is 0 Å². The van der Waals surface area contributed by atoms with Crippen LogP contribution in [-0.4, -0.2) is 17.0 Å². The minimum atomic E-state index is -0.438. The van der Waals surface area contributed by atoms with Crippen LogP contribution in [0.1, 0.15) is 11.1 Å². The average Bonchev–Trinajstić information content (AvgIpc) is 2.45. The number of hydrogen-bond acceptors (Lipinski definition) is 5. The molecule has 0 spiro atoms. The van der Waals surface area contributed by atoms with Crippen LogP contribution in [0.4, 0.5) is 11.5 Å². The molecule has 0 amide bonds. The maximum absolute atomic E-state index is 10.7. The van der Waals surface area contributed by atoms with Crippen molar-refractivity contribution in [1.29, 1.82) is 0 Å². The van der Waals surface area contributed by atoms with Gasteiger partial charge in [-0.2, -0.15) is 0 Å². The highest BCUT2D eigenvalue weighted by Gasteiger charge is 2.11. The summed E-state index contributed by atoms with van der Waals surface area (Å²) in [5, 5.41) is 13.9. The zero-order valence-corrected chi connectivity index (χ0v) is 13.2. The number of nitro groups is 1. The molecule has 1 heterocycles. The summed E-state index contributed by atoms with van der Waals surface area (Å²) in [4.78, 5) is 14.3. The Bertz CT molecular complexity index is 677. The van der Waals surface area contributed by atoms with Crippen LogP contribution in [0.2, 0.25) is 0 Å². The van der Waals surface area contributed by atoms with Crippen LogP contribution < -0.4 is 10.1 Å². The fraction of sp³-hybridized carbons (Fsp3) is 0.214. The van der Waals surface area contributed by atoms with Crippen molar-refractivity contribution in [3.8, 4) is 5.75 Å². The Hall–Kier alpha value is -2.15. The van der Waals surface area contributed by atoms with Crippen molar-refractivity contribution < 1.29 is 9.66 Å². The Labute approximate surface area is 130 Å². The quantitative estimate of drug-likeness (QED) is 0.656. The van der Waals surface area contributed by atoms with E-state index >= 15 is 0 Å². The number of ether oxygens (including phenoxy) is 1. The molecule has 1 N–H and O–H groups in total. The third-order valence-corrected chi connectivity index (χ3v) is 3.59. The average molecular weight is 352 g/mol. The van der Waals surface area contributed by atoms with Crippen LogP contribution in [0.25, 0.3) is 0 Å². The zero-order valence-electron chi connectivity index (χ0n) is 11.6. The Morgan fingerprint density at radius 1 is 1.43 bits per heavy atom.